The molecule has 1 saturated heterocycles. The molecule has 6 nitrogen and oxygen atoms in total. The van der Waals surface area contributed by atoms with Crippen molar-refractivity contribution in [1.29, 1.82) is 0 Å². The first-order chi connectivity index (χ1) is 12.2. The number of rotatable bonds is 5. The van der Waals surface area contributed by atoms with E-state index in [1.54, 1.807) is 21.3 Å². The van der Waals surface area contributed by atoms with Crippen molar-refractivity contribution in [2.75, 3.05) is 41.5 Å². The molecule has 6 heteroatoms. The second-order valence-corrected chi connectivity index (χ2v) is 6.92. The highest BCUT2D eigenvalue weighted by Crippen LogP contribution is 2.48. The number of guanidine groups is 1. The van der Waals surface area contributed by atoms with Crippen molar-refractivity contribution in [3.8, 4) is 17.2 Å². The van der Waals surface area contributed by atoms with Crippen molar-refractivity contribution in [2.45, 2.75) is 32.2 Å². The summed E-state index contributed by atoms with van der Waals surface area (Å²) in [4.78, 5) is 6.86. The van der Waals surface area contributed by atoms with Crippen LogP contribution in [0, 0.1) is 5.41 Å². The number of nitrogens with one attached hydrogen (secondary N) is 1. The minimum atomic E-state index is 0.554. The molecular formula is C19H29N3O3. The maximum absolute atomic E-state index is 5.56. The Bertz CT molecular complexity index is 641. The second-order valence-electron chi connectivity index (χ2n) is 6.92. The Hall–Kier alpha value is -2.11. The predicted molar refractivity (Wildman–Crippen MR) is 98.8 cm³/mol. The Balaban J connectivity index is 1.70. The first kappa shape index (κ1) is 17.7. The highest BCUT2D eigenvalue weighted by atomic mass is 16.5. The lowest BCUT2D eigenvalue weighted by atomic mass is 9.68. The Labute approximate surface area is 150 Å². The van der Waals surface area contributed by atoms with E-state index in [-0.39, 0.29) is 0 Å². The van der Waals surface area contributed by atoms with Gasteiger partial charge < -0.3 is 24.4 Å². The fourth-order valence-electron chi connectivity index (χ4n) is 4.01. The third-order valence-electron chi connectivity index (χ3n) is 5.59. The van der Waals surface area contributed by atoms with Gasteiger partial charge in [-0.3, -0.25) is 4.99 Å². The molecule has 3 rings (SSSR count). The van der Waals surface area contributed by atoms with Crippen molar-refractivity contribution in [3.05, 3.63) is 17.7 Å². The average Bonchev–Trinajstić information content (AvgIpc) is 3.07. The van der Waals surface area contributed by atoms with Crippen LogP contribution in [-0.2, 0) is 6.54 Å². The van der Waals surface area contributed by atoms with Gasteiger partial charge in [0.15, 0.2) is 17.5 Å². The summed E-state index contributed by atoms with van der Waals surface area (Å²) in [6.45, 7) is 2.83. The third-order valence-corrected chi connectivity index (χ3v) is 5.59. The molecule has 1 aliphatic carbocycles. The molecule has 1 N–H and O–H groups in total. The van der Waals surface area contributed by atoms with E-state index < -0.39 is 0 Å². The summed E-state index contributed by atoms with van der Waals surface area (Å²) in [7, 11) is 6.75. The molecule has 0 unspecified atom stereocenters. The van der Waals surface area contributed by atoms with E-state index in [9.17, 15) is 0 Å². The van der Waals surface area contributed by atoms with Gasteiger partial charge in [-0.25, -0.2) is 0 Å². The Morgan fingerprint density at radius 3 is 2.40 bits per heavy atom. The summed E-state index contributed by atoms with van der Waals surface area (Å²) in [6.07, 6.45) is 5.39. The van der Waals surface area contributed by atoms with E-state index in [1.165, 1.54) is 25.7 Å². The van der Waals surface area contributed by atoms with Gasteiger partial charge >= 0.3 is 0 Å². The smallest absolute Gasteiger partial charge is 0.203 e. The molecule has 2 aliphatic rings. The quantitative estimate of drug-likeness (QED) is 0.655. The molecular weight excluding hydrogens is 318 g/mol. The molecule has 1 aromatic carbocycles. The molecule has 2 fully saturated rings. The predicted octanol–water partition coefficient (Wildman–Crippen LogP) is 2.66. The van der Waals surface area contributed by atoms with Gasteiger partial charge in [0, 0.05) is 32.2 Å². The van der Waals surface area contributed by atoms with Crippen LogP contribution in [0.1, 0.15) is 31.2 Å². The highest BCUT2D eigenvalue weighted by molar-refractivity contribution is 5.80. The number of methoxy groups -OCH3 is 3. The van der Waals surface area contributed by atoms with Crippen LogP contribution < -0.4 is 19.5 Å². The fraction of sp³-hybridized carbons (Fsp3) is 0.632. The summed E-state index contributed by atoms with van der Waals surface area (Å²) in [6, 6.07) is 3.90. The van der Waals surface area contributed by atoms with Crippen LogP contribution in [0.5, 0.6) is 17.2 Å². The van der Waals surface area contributed by atoms with Crippen LogP contribution in [0.25, 0.3) is 0 Å². The molecule has 1 saturated carbocycles. The molecule has 1 spiro atoms. The normalized spacial score (nSPS) is 18.9. The zero-order valence-corrected chi connectivity index (χ0v) is 15.7. The Kier molecular flexibility index (Phi) is 5.25. The number of nitrogens with zero attached hydrogens (tertiary/aromatic N) is 2. The van der Waals surface area contributed by atoms with E-state index >= 15 is 0 Å². The van der Waals surface area contributed by atoms with E-state index in [4.69, 9.17) is 14.2 Å². The van der Waals surface area contributed by atoms with E-state index in [0.717, 1.165) is 24.6 Å². The molecule has 1 aliphatic heterocycles. The zero-order chi connectivity index (χ0) is 17.9. The molecule has 0 radical (unpaired) electrons. The number of hydrogen-bond donors (Lipinski definition) is 1. The maximum atomic E-state index is 5.56. The van der Waals surface area contributed by atoms with Crippen molar-refractivity contribution in [2.24, 2.45) is 10.4 Å². The summed E-state index contributed by atoms with van der Waals surface area (Å²) in [5, 5.41) is 3.48. The van der Waals surface area contributed by atoms with Crippen LogP contribution in [-0.4, -0.2) is 52.3 Å². The van der Waals surface area contributed by atoms with Crippen molar-refractivity contribution in [3.63, 3.8) is 0 Å². The Morgan fingerprint density at radius 1 is 1.12 bits per heavy atom. The van der Waals surface area contributed by atoms with Crippen LogP contribution in [0.15, 0.2) is 17.1 Å². The fourth-order valence-corrected chi connectivity index (χ4v) is 4.01. The van der Waals surface area contributed by atoms with E-state index in [0.29, 0.717) is 29.2 Å². The second kappa shape index (κ2) is 7.42. The van der Waals surface area contributed by atoms with Crippen molar-refractivity contribution < 1.29 is 14.2 Å². The number of benzene rings is 1. The molecule has 0 bridgehead atoms. The third kappa shape index (κ3) is 3.34. The molecule has 1 aromatic rings. The molecule has 25 heavy (non-hydrogen) atoms. The maximum Gasteiger partial charge on any atom is 0.203 e. The Morgan fingerprint density at radius 2 is 1.88 bits per heavy atom. The number of likely N-dealkylation sites (tertiary alicyclic amines) is 1. The number of aliphatic imine (C=N–C) groups is 1. The van der Waals surface area contributed by atoms with Gasteiger partial charge in [-0.15, -0.1) is 0 Å². The number of ether oxygens (including phenoxy) is 3. The van der Waals surface area contributed by atoms with Gasteiger partial charge in [-0.2, -0.15) is 0 Å². The van der Waals surface area contributed by atoms with Gasteiger partial charge in [0.1, 0.15) is 0 Å². The highest BCUT2D eigenvalue weighted by Gasteiger charge is 2.43. The van der Waals surface area contributed by atoms with Gasteiger partial charge in [0.05, 0.1) is 21.3 Å². The summed E-state index contributed by atoms with van der Waals surface area (Å²) in [5.74, 6) is 2.94. The zero-order valence-electron chi connectivity index (χ0n) is 15.7. The van der Waals surface area contributed by atoms with Gasteiger partial charge in [-0.05, 0) is 36.8 Å². The van der Waals surface area contributed by atoms with Crippen LogP contribution in [0.4, 0.5) is 0 Å². The molecule has 1 heterocycles. The van der Waals surface area contributed by atoms with Crippen molar-refractivity contribution in [1.82, 2.24) is 10.2 Å². The summed E-state index contributed by atoms with van der Waals surface area (Å²) in [5.41, 5.74) is 1.57. The van der Waals surface area contributed by atoms with Crippen LogP contribution in [0.3, 0.4) is 0 Å². The van der Waals surface area contributed by atoms with Gasteiger partial charge in [0.2, 0.25) is 5.75 Å². The molecule has 0 aromatic heterocycles. The minimum Gasteiger partial charge on any atom is -0.493 e. The molecule has 0 atom stereocenters. The van der Waals surface area contributed by atoms with Gasteiger partial charge in [-0.1, -0.05) is 6.42 Å². The first-order valence-corrected chi connectivity index (χ1v) is 8.90. The van der Waals surface area contributed by atoms with Crippen molar-refractivity contribution >= 4 is 5.96 Å². The van der Waals surface area contributed by atoms with Crippen LogP contribution in [0.2, 0.25) is 0 Å². The lowest BCUT2D eigenvalue weighted by Crippen LogP contribution is -2.42. The number of hydrogen-bond acceptors (Lipinski definition) is 4. The minimum absolute atomic E-state index is 0.554. The largest absolute Gasteiger partial charge is 0.493 e. The lowest BCUT2D eigenvalue weighted by molar-refractivity contribution is 0.151. The van der Waals surface area contributed by atoms with Crippen LogP contribution >= 0.6 is 0 Å². The molecule has 138 valence electrons. The SMILES string of the molecule is CN=C(NCc1ccc(OC)c(OC)c1OC)N1CCC2(CCC2)C1. The average molecular weight is 347 g/mol. The lowest BCUT2D eigenvalue weighted by Gasteiger charge is -2.38. The summed E-state index contributed by atoms with van der Waals surface area (Å²) < 4.78 is 16.4. The van der Waals surface area contributed by atoms with Gasteiger partial charge in [0.25, 0.3) is 0 Å². The molecule has 0 amide bonds. The standard InChI is InChI=1S/C19H29N3O3/c1-20-18(22-11-10-19(13-22)8-5-9-19)21-12-14-6-7-15(23-2)17(25-4)16(14)24-3/h6-7H,5,8-13H2,1-4H3,(H,20,21). The van der Waals surface area contributed by atoms with E-state index in [1.807, 2.05) is 19.2 Å². The van der Waals surface area contributed by atoms with E-state index in [2.05, 4.69) is 15.2 Å². The monoisotopic (exact) mass is 347 g/mol. The summed E-state index contributed by atoms with van der Waals surface area (Å²) >= 11 is 0. The first-order valence-electron chi connectivity index (χ1n) is 8.90. The topological polar surface area (TPSA) is 55.3 Å².